The van der Waals surface area contributed by atoms with Crippen LogP contribution >= 0.6 is 0 Å². The van der Waals surface area contributed by atoms with Crippen LogP contribution in [0, 0.1) is 0 Å². The van der Waals surface area contributed by atoms with E-state index in [1.54, 1.807) is 0 Å². The summed E-state index contributed by atoms with van der Waals surface area (Å²) in [4.78, 5) is 5.24. The minimum absolute atomic E-state index is 0.0711. The Hall–Kier alpha value is -8.48. The van der Waals surface area contributed by atoms with Crippen LogP contribution in [0.1, 0.15) is 66.3 Å². The van der Waals surface area contributed by atoms with Crippen molar-refractivity contribution in [3.05, 3.63) is 213 Å². The van der Waals surface area contributed by atoms with Crippen molar-refractivity contribution in [2.45, 2.75) is 62.4 Å². The van der Waals surface area contributed by atoms with Crippen LogP contribution in [0.2, 0.25) is 0 Å². The van der Waals surface area contributed by atoms with Crippen molar-refractivity contribution in [2.75, 3.05) is 9.80 Å². The summed E-state index contributed by atoms with van der Waals surface area (Å²) >= 11 is 0. The first-order valence-electron chi connectivity index (χ1n) is 26.0. The zero-order valence-corrected chi connectivity index (χ0v) is 39.6. The largest absolute Gasteiger partial charge is 0.461 e. The number of para-hydroxylation sites is 3. The molecule has 17 rings (SSSR count). The van der Waals surface area contributed by atoms with Gasteiger partial charge in [-0.2, -0.15) is 0 Å². The molecule has 7 aliphatic rings. The zero-order chi connectivity index (χ0) is 46.8. The molecule has 0 saturated carbocycles. The Bertz CT molecular complexity index is 4480. The summed E-state index contributed by atoms with van der Waals surface area (Å²) < 4.78 is 18.5. The van der Waals surface area contributed by atoms with E-state index in [4.69, 9.17) is 9.15 Å². The fourth-order valence-corrected chi connectivity index (χ4v) is 14.3. The van der Waals surface area contributed by atoms with Gasteiger partial charge in [-0.3, -0.25) is 0 Å². The van der Waals surface area contributed by atoms with Gasteiger partial charge in [0.2, 0.25) is 0 Å². The highest BCUT2D eigenvalue weighted by atomic mass is 16.5. The van der Waals surface area contributed by atoms with Gasteiger partial charge in [0.05, 0.1) is 45.8 Å². The van der Waals surface area contributed by atoms with Gasteiger partial charge in [0.25, 0.3) is 0 Å². The second kappa shape index (κ2) is 14.6. The lowest BCUT2D eigenvalue weighted by Crippen LogP contribution is -2.46. The van der Waals surface area contributed by atoms with E-state index >= 15 is 0 Å². The van der Waals surface area contributed by atoms with Crippen LogP contribution in [0.25, 0.3) is 85.2 Å². The van der Waals surface area contributed by atoms with Crippen molar-refractivity contribution in [3.63, 3.8) is 0 Å². The number of hydrogen-bond donors (Lipinski definition) is 0. The van der Waals surface area contributed by atoms with Gasteiger partial charge in [-0.1, -0.05) is 134 Å². The molecule has 0 saturated heterocycles. The molecule has 0 bridgehead atoms. The fraction of sp³-hybridized carbons (Fsp3) is 0.152. The Morgan fingerprint density at radius 2 is 1.36 bits per heavy atom. The molecule has 6 heteroatoms. The summed E-state index contributed by atoms with van der Waals surface area (Å²) in [5.74, 6) is 2.33. The van der Waals surface area contributed by atoms with Crippen molar-refractivity contribution < 1.29 is 9.15 Å². The Morgan fingerprint density at radius 3 is 2.26 bits per heavy atom. The number of fused-ring (bicyclic) bond motifs is 18. The molecular weight excluding hydrogens is 881 g/mol. The molecule has 6 heterocycles. The van der Waals surface area contributed by atoms with Gasteiger partial charge in [-0.25, -0.2) is 0 Å². The lowest BCUT2D eigenvalue weighted by molar-refractivity contribution is 0.408. The molecule has 72 heavy (non-hydrogen) atoms. The highest BCUT2D eigenvalue weighted by Gasteiger charge is 2.43. The lowest BCUT2D eigenvalue weighted by Gasteiger charge is -2.42. The third-order valence-electron chi connectivity index (χ3n) is 17.1. The molecule has 0 amide bonds. The first kappa shape index (κ1) is 39.3. The molecule has 6 aromatic carbocycles. The number of anilines is 4. The predicted molar refractivity (Wildman–Crippen MR) is 295 cm³/mol. The smallest absolute Gasteiger partial charge is 0.137 e. The zero-order valence-electron chi connectivity index (χ0n) is 39.6. The van der Waals surface area contributed by atoms with E-state index in [0.29, 0.717) is 0 Å². The van der Waals surface area contributed by atoms with Gasteiger partial charge in [0, 0.05) is 88.9 Å². The molecule has 2 aliphatic heterocycles. The van der Waals surface area contributed by atoms with Crippen molar-refractivity contribution in [2.24, 2.45) is 0 Å². The van der Waals surface area contributed by atoms with Crippen LogP contribution < -0.4 is 35.7 Å². The Balaban J connectivity index is 0.884. The second-order valence-corrected chi connectivity index (χ2v) is 20.7. The van der Waals surface area contributed by atoms with Crippen LogP contribution in [-0.4, -0.2) is 21.1 Å². The highest BCUT2D eigenvalue weighted by molar-refractivity contribution is 6.16. The number of furan rings is 1. The Kier molecular flexibility index (Phi) is 7.94. The topological polar surface area (TPSA) is 38.2 Å². The Labute approximate surface area is 415 Å². The maximum Gasteiger partial charge on any atom is 0.137 e. The van der Waals surface area contributed by atoms with E-state index in [0.717, 1.165) is 83.3 Å². The number of allylic oxidation sites excluding steroid dienone is 5. The van der Waals surface area contributed by atoms with Crippen molar-refractivity contribution in [3.8, 4) is 5.75 Å². The fourth-order valence-electron chi connectivity index (χ4n) is 14.3. The van der Waals surface area contributed by atoms with Crippen LogP contribution in [0.4, 0.5) is 22.7 Å². The molecule has 4 aromatic heterocycles. The Morgan fingerprint density at radius 1 is 0.583 bits per heavy atom. The molecule has 344 valence electrons. The van der Waals surface area contributed by atoms with Crippen LogP contribution in [0.3, 0.4) is 0 Å². The predicted octanol–water partition coefficient (Wildman–Crippen LogP) is 12.9. The van der Waals surface area contributed by atoms with Gasteiger partial charge in [0.1, 0.15) is 22.7 Å². The van der Waals surface area contributed by atoms with E-state index in [9.17, 15) is 0 Å². The number of ether oxygens (including phenoxy) is 1. The number of benzene rings is 6. The SMILES string of the molecule is C1=CCC(N(c2ccc3c4c(n5c6c(c2c35)=CCCC=6)CC2C(=C4)n3c4c(c5c(N(c6ccccc6)c6cccc7oc8ccccc8c67)ccc2c53)=CCCC=4)C2C=CC=C3Oc4ccccc4C32)C=C1. The molecular formula is C66H48N4O2. The summed E-state index contributed by atoms with van der Waals surface area (Å²) in [6.07, 6.45) is 34.7. The quantitative estimate of drug-likeness (QED) is 0.167. The summed E-state index contributed by atoms with van der Waals surface area (Å²) in [5.41, 5.74) is 16.1. The van der Waals surface area contributed by atoms with Gasteiger partial charge < -0.3 is 27.9 Å². The van der Waals surface area contributed by atoms with Gasteiger partial charge in [-0.05, 0) is 98.4 Å². The minimum Gasteiger partial charge on any atom is -0.461 e. The van der Waals surface area contributed by atoms with E-state index in [1.165, 1.54) is 87.8 Å². The van der Waals surface area contributed by atoms with E-state index in [-0.39, 0.29) is 23.9 Å². The summed E-state index contributed by atoms with van der Waals surface area (Å²) in [6.45, 7) is 0. The second-order valence-electron chi connectivity index (χ2n) is 20.7. The van der Waals surface area contributed by atoms with Gasteiger partial charge >= 0.3 is 0 Å². The standard InChI is InChI=1S/C66H48N4O2/c1-3-17-39(18-4-1)67(51-27-15-31-59-61(51)45-23-9-13-29-57(45)71-59)53-35-33-41-47-37-56-48(38-55(47)69-49-25-11-7-21-43(49)63(53)65(41)69)42-34-36-54(64-44-22-8-12-26-50(44)70(56)66(42)64)68(40-19-5-2-6-20-40)52-28-16-32-60-62(52)46-24-10-14-30-58(46)72-60/h1-6,9-10,13-19,21-36,38,40,47,52,62H,7-8,11-12,20,37H2. The molecule has 4 unspecified atom stereocenters. The molecule has 6 nitrogen and oxygen atoms in total. The lowest BCUT2D eigenvalue weighted by atomic mass is 9.84. The molecule has 0 fully saturated rings. The number of aromatic nitrogens is 2. The number of hydrogen-bond acceptors (Lipinski definition) is 4. The van der Waals surface area contributed by atoms with E-state index < -0.39 is 0 Å². The summed E-state index contributed by atoms with van der Waals surface area (Å²) in [5, 5.41) is 11.7. The van der Waals surface area contributed by atoms with E-state index in [2.05, 4.69) is 213 Å². The van der Waals surface area contributed by atoms with Crippen molar-refractivity contribution in [1.82, 2.24) is 8.97 Å². The normalized spacial score (nSPS) is 20.7. The van der Waals surface area contributed by atoms with Crippen molar-refractivity contribution >= 4 is 108 Å². The maximum atomic E-state index is 6.60. The molecule has 0 N–H and O–H groups in total. The monoisotopic (exact) mass is 928 g/mol. The minimum atomic E-state index is 0.0711. The average molecular weight is 929 g/mol. The highest BCUT2D eigenvalue weighted by Crippen LogP contribution is 2.53. The molecule has 0 spiro atoms. The van der Waals surface area contributed by atoms with Crippen molar-refractivity contribution in [1.29, 1.82) is 0 Å². The van der Waals surface area contributed by atoms with Gasteiger partial charge in [-0.15, -0.1) is 0 Å². The third-order valence-corrected chi connectivity index (χ3v) is 17.1. The van der Waals surface area contributed by atoms with Crippen LogP contribution in [-0.2, 0) is 6.42 Å². The van der Waals surface area contributed by atoms with E-state index in [1.807, 2.05) is 0 Å². The summed E-state index contributed by atoms with van der Waals surface area (Å²) in [7, 11) is 0. The first-order chi connectivity index (χ1) is 35.8. The molecule has 4 atom stereocenters. The van der Waals surface area contributed by atoms with Crippen LogP contribution in [0.15, 0.2) is 174 Å². The molecule has 10 aromatic rings. The van der Waals surface area contributed by atoms with Gasteiger partial charge in [0.15, 0.2) is 0 Å². The summed E-state index contributed by atoms with van der Waals surface area (Å²) in [6, 6.07) is 44.7. The van der Waals surface area contributed by atoms with Crippen LogP contribution in [0.5, 0.6) is 5.75 Å². The average Bonchev–Trinajstić information content (AvgIpc) is 4.29. The maximum absolute atomic E-state index is 6.60. The molecule has 5 aliphatic carbocycles. The number of rotatable bonds is 6. The third kappa shape index (κ3) is 5.13. The first-order valence-corrected chi connectivity index (χ1v) is 26.0. The molecule has 0 radical (unpaired) electrons. The number of nitrogens with zero attached hydrogens (tertiary/aromatic N) is 4.